The third-order valence-electron chi connectivity index (χ3n) is 2.68. The Bertz CT molecular complexity index is 718. The molecule has 3 rings (SSSR count). The van der Waals surface area contributed by atoms with Crippen LogP contribution in [0.3, 0.4) is 0 Å². The number of imidazole rings is 1. The molecule has 0 bridgehead atoms. The molecular formula is C12H13N5OS. The van der Waals surface area contributed by atoms with Crippen LogP contribution in [0.1, 0.15) is 18.0 Å². The van der Waals surface area contributed by atoms with Crippen molar-refractivity contribution in [3.63, 3.8) is 0 Å². The average molecular weight is 275 g/mol. The molecule has 0 amide bonds. The predicted octanol–water partition coefficient (Wildman–Crippen LogP) is 2.11. The van der Waals surface area contributed by atoms with Gasteiger partial charge >= 0.3 is 0 Å². The molecule has 0 radical (unpaired) electrons. The molecule has 98 valence electrons. The zero-order valence-electron chi connectivity index (χ0n) is 10.5. The minimum atomic E-state index is -0.0682. The molecule has 7 heteroatoms. The lowest BCUT2D eigenvalue weighted by molar-refractivity contribution is 0.399. The van der Waals surface area contributed by atoms with Crippen LogP contribution in [-0.4, -0.2) is 27.0 Å². The number of methoxy groups -OCH3 is 1. The van der Waals surface area contributed by atoms with Crippen LogP contribution in [0.2, 0.25) is 0 Å². The quantitative estimate of drug-likeness (QED) is 0.764. The average Bonchev–Trinajstić information content (AvgIpc) is 3.04. The van der Waals surface area contributed by atoms with Gasteiger partial charge in [-0.1, -0.05) is 0 Å². The fourth-order valence-corrected chi connectivity index (χ4v) is 2.48. The minimum absolute atomic E-state index is 0.0682. The summed E-state index contributed by atoms with van der Waals surface area (Å²) in [5.74, 6) is 1.24. The lowest BCUT2D eigenvalue weighted by Crippen LogP contribution is -2.03. The summed E-state index contributed by atoms with van der Waals surface area (Å²) >= 11 is 1.53. The van der Waals surface area contributed by atoms with Crippen LogP contribution in [0, 0.1) is 0 Å². The Kier molecular flexibility index (Phi) is 2.92. The molecule has 0 aromatic carbocycles. The highest BCUT2D eigenvalue weighted by atomic mass is 32.1. The van der Waals surface area contributed by atoms with Gasteiger partial charge in [-0.25, -0.2) is 9.97 Å². The second-order valence-electron chi connectivity index (χ2n) is 4.17. The van der Waals surface area contributed by atoms with Crippen molar-refractivity contribution in [2.45, 2.75) is 13.0 Å². The molecule has 6 nitrogen and oxygen atoms in total. The summed E-state index contributed by atoms with van der Waals surface area (Å²) < 4.78 is 5.08. The van der Waals surface area contributed by atoms with Crippen molar-refractivity contribution < 1.29 is 4.74 Å². The van der Waals surface area contributed by atoms with Gasteiger partial charge in [-0.2, -0.15) is 4.98 Å². The zero-order chi connectivity index (χ0) is 13.4. The Morgan fingerprint density at radius 3 is 2.84 bits per heavy atom. The van der Waals surface area contributed by atoms with Gasteiger partial charge in [-0.3, -0.25) is 0 Å². The van der Waals surface area contributed by atoms with Crippen molar-refractivity contribution in [3.05, 3.63) is 22.5 Å². The van der Waals surface area contributed by atoms with Gasteiger partial charge in [0.1, 0.15) is 10.7 Å². The van der Waals surface area contributed by atoms with Crippen LogP contribution in [-0.2, 0) is 0 Å². The second-order valence-corrected chi connectivity index (χ2v) is 5.06. The van der Waals surface area contributed by atoms with E-state index in [9.17, 15) is 0 Å². The number of pyridine rings is 1. The number of aromatic amines is 1. The Hall–Kier alpha value is -1.99. The van der Waals surface area contributed by atoms with E-state index < -0.39 is 0 Å². The first-order chi connectivity index (χ1) is 9.17. The molecule has 19 heavy (non-hydrogen) atoms. The Labute approximate surface area is 113 Å². The third kappa shape index (κ3) is 2.18. The molecule has 0 aliphatic heterocycles. The van der Waals surface area contributed by atoms with Gasteiger partial charge in [-0.15, -0.1) is 11.3 Å². The van der Waals surface area contributed by atoms with Gasteiger partial charge in [0.2, 0.25) is 5.88 Å². The van der Waals surface area contributed by atoms with Crippen LogP contribution < -0.4 is 10.5 Å². The van der Waals surface area contributed by atoms with E-state index >= 15 is 0 Å². The van der Waals surface area contributed by atoms with E-state index in [4.69, 9.17) is 10.5 Å². The molecule has 0 aliphatic carbocycles. The summed E-state index contributed by atoms with van der Waals surface area (Å²) in [6, 6.07) is 3.61. The molecule has 3 aromatic rings. The number of fused-ring (bicyclic) bond motifs is 1. The van der Waals surface area contributed by atoms with Crippen LogP contribution in [0.15, 0.2) is 17.5 Å². The van der Waals surface area contributed by atoms with E-state index in [0.717, 1.165) is 16.2 Å². The molecule has 3 heterocycles. The number of nitrogens with two attached hydrogens (primary N) is 1. The van der Waals surface area contributed by atoms with E-state index in [-0.39, 0.29) is 6.04 Å². The van der Waals surface area contributed by atoms with Gasteiger partial charge in [0.25, 0.3) is 0 Å². The van der Waals surface area contributed by atoms with Crippen molar-refractivity contribution in [2.24, 2.45) is 5.73 Å². The summed E-state index contributed by atoms with van der Waals surface area (Å²) in [4.78, 5) is 16.3. The molecule has 3 N–H and O–H groups in total. The van der Waals surface area contributed by atoms with Crippen molar-refractivity contribution in [3.8, 4) is 17.4 Å². The zero-order valence-corrected chi connectivity index (χ0v) is 11.4. The first kappa shape index (κ1) is 12.1. The molecular weight excluding hydrogens is 262 g/mol. The van der Waals surface area contributed by atoms with Crippen molar-refractivity contribution in [1.82, 2.24) is 19.9 Å². The predicted molar refractivity (Wildman–Crippen MR) is 74.2 cm³/mol. The number of ether oxygens (including phenoxy) is 1. The van der Waals surface area contributed by atoms with Crippen molar-refractivity contribution >= 4 is 22.5 Å². The largest absolute Gasteiger partial charge is 0.481 e. The summed E-state index contributed by atoms with van der Waals surface area (Å²) in [5, 5.41) is 2.83. The summed E-state index contributed by atoms with van der Waals surface area (Å²) in [5.41, 5.74) is 8.06. The van der Waals surface area contributed by atoms with Crippen LogP contribution in [0.4, 0.5) is 0 Å². The van der Waals surface area contributed by atoms with Gasteiger partial charge in [-0.05, 0) is 13.0 Å². The molecule has 0 spiro atoms. The molecule has 3 aromatic heterocycles. The summed E-state index contributed by atoms with van der Waals surface area (Å²) in [6.45, 7) is 1.91. The Balaban J connectivity index is 2.04. The molecule has 0 saturated carbocycles. The molecule has 0 fully saturated rings. The minimum Gasteiger partial charge on any atom is -0.481 e. The fourth-order valence-electron chi connectivity index (χ4n) is 1.72. The molecule has 1 unspecified atom stereocenters. The highest BCUT2D eigenvalue weighted by Crippen LogP contribution is 2.24. The van der Waals surface area contributed by atoms with E-state index in [1.807, 2.05) is 18.4 Å². The SMILES string of the molecule is COc1ccc2[nH]c(-c3csc(C(C)N)n3)nc2n1. The van der Waals surface area contributed by atoms with Crippen molar-refractivity contribution in [2.75, 3.05) is 7.11 Å². The first-order valence-electron chi connectivity index (χ1n) is 5.79. The van der Waals surface area contributed by atoms with E-state index in [0.29, 0.717) is 17.4 Å². The monoisotopic (exact) mass is 275 g/mol. The number of nitrogens with one attached hydrogen (secondary N) is 1. The van der Waals surface area contributed by atoms with E-state index in [1.54, 1.807) is 13.2 Å². The Morgan fingerprint density at radius 1 is 1.32 bits per heavy atom. The smallest absolute Gasteiger partial charge is 0.215 e. The number of nitrogens with zero attached hydrogens (tertiary/aromatic N) is 3. The van der Waals surface area contributed by atoms with Gasteiger partial charge < -0.3 is 15.5 Å². The molecule has 0 aliphatic rings. The van der Waals surface area contributed by atoms with Crippen LogP contribution in [0.5, 0.6) is 5.88 Å². The number of hydrogen-bond acceptors (Lipinski definition) is 6. The molecule has 1 atom stereocenters. The first-order valence-corrected chi connectivity index (χ1v) is 6.67. The number of hydrogen-bond donors (Lipinski definition) is 2. The Morgan fingerprint density at radius 2 is 2.16 bits per heavy atom. The van der Waals surface area contributed by atoms with Crippen LogP contribution >= 0.6 is 11.3 Å². The standard InChI is InChI=1S/C12H13N5OS/c1-6(13)12-15-8(5-19-12)11-14-7-3-4-9(18-2)16-10(7)17-11/h3-6H,13H2,1-2H3,(H,14,16,17). The maximum absolute atomic E-state index is 5.81. The fraction of sp³-hybridized carbons (Fsp3) is 0.250. The highest BCUT2D eigenvalue weighted by Gasteiger charge is 2.12. The maximum Gasteiger partial charge on any atom is 0.215 e. The molecule has 0 saturated heterocycles. The number of aromatic nitrogens is 4. The second kappa shape index (κ2) is 4.60. The van der Waals surface area contributed by atoms with Crippen molar-refractivity contribution in [1.29, 1.82) is 0 Å². The number of thiazole rings is 1. The van der Waals surface area contributed by atoms with E-state index in [1.165, 1.54) is 11.3 Å². The lowest BCUT2D eigenvalue weighted by atomic mass is 10.4. The normalized spacial score (nSPS) is 12.8. The summed E-state index contributed by atoms with van der Waals surface area (Å²) in [7, 11) is 1.58. The number of rotatable bonds is 3. The topological polar surface area (TPSA) is 89.7 Å². The van der Waals surface area contributed by atoms with Gasteiger partial charge in [0, 0.05) is 11.4 Å². The maximum atomic E-state index is 5.81. The van der Waals surface area contributed by atoms with Gasteiger partial charge in [0.15, 0.2) is 11.5 Å². The summed E-state index contributed by atoms with van der Waals surface area (Å²) in [6.07, 6.45) is 0. The third-order valence-corrected chi connectivity index (χ3v) is 3.73. The number of H-pyrrole nitrogens is 1. The van der Waals surface area contributed by atoms with Crippen LogP contribution in [0.25, 0.3) is 22.7 Å². The lowest BCUT2D eigenvalue weighted by Gasteiger charge is -1.96. The highest BCUT2D eigenvalue weighted by molar-refractivity contribution is 7.10. The van der Waals surface area contributed by atoms with Gasteiger partial charge in [0.05, 0.1) is 18.7 Å². The van der Waals surface area contributed by atoms with E-state index in [2.05, 4.69) is 19.9 Å².